The molecule has 0 radical (unpaired) electrons. The summed E-state index contributed by atoms with van der Waals surface area (Å²) in [5.41, 5.74) is 1.20. The number of carbonyl (C=O) groups excluding carboxylic acids is 1. The van der Waals surface area contributed by atoms with Gasteiger partial charge in [-0.1, -0.05) is 53.4 Å². The van der Waals surface area contributed by atoms with E-state index in [0.29, 0.717) is 24.5 Å². The van der Waals surface area contributed by atoms with Crippen LogP contribution in [0.1, 0.15) is 18.4 Å². The van der Waals surface area contributed by atoms with Crippen LogP contribution < -0.4 is 5.32 Å². The largest absolute Gasteiger partial charge is 0.481 e. The van der Waals surface area contributed by atoms with E-state index in [-0.39, 0.29) is 12.6 Å². The zero-order chi connectivity index (χ0) is 17.6. The summed E-state index contributed by atoms with van der Waals surface area (Å²) in [5, 5.41) is 20.3. The van der Waals surface area contributed by atoms with Crippen molar-refractivity contribution in [2.45, 2.75) is 22.9 Å². The van der Waals surface area contributed by atoms with Gasteiger partial charge in [-0.3, -0.25) is 10.1 Å². The van der Waals surface area contributed by atoms with Crippen molar-refractivity contribution in [3.63, 3.8) is 0 Å². The van der Waals surface area contributed by atoms with Gasteiger partial charge < -0.3 is 10.0 Å². The molecule has 1 aliphatic rings. The molecule has 1 aromatic heterocycles. The molecule has 0 bridgehead atoms. The molecule has 7 nitrogen and oxygen atoms in total. The van der Waals surface area contributed by atoms with E-state index in [0.717, 1.165) is 10.1 Å². The fourth-order valence-electron chi connectivity index (χ4n) is 2.57. The number of anilines is 1. The van der Waals surface area contributed by atoms with E-state index >= 15 is 0 Å². The van der Waals surface area contributed by atoms with Crippen molar-refractivity contribution in [3.05, 3.63) is 35.9 Å². The number of nitrogens with one attached hydrogen (secondary N) is 1. The Hall–Kier alpha value is -2.13. The molecule has 1 aliphatic heterocycles. The highest BCUT2D eigenvalue weighted by molar-refractivity contribution is 8.00. The third-order valence-corrected chi connectivity index (χ3v) is 5.93. The van der Waals surface area contributed by atoms with Gasteiger partial charge in [0.2, 0.25) is 5.13 Å². The van der Waals surface area contributed by atoms with E-state index in [9.17, 15) is 9.59 Å². The minimum absolute atomic E-state index is 0.232. The molecule has 9 heteroatoms. The normalized spacial score (nSPS) is 17.3. The number of aromatic nitrogens is 2. The fourth-order valence-corrected chi connectivity index (χ4v) is 4.27. The maximum atomic E-state index is 12.3. The molecule has 0 saturated carbocycles. The van der Waals surface area contributed by atoms with E-state index in [4.69, 9.17) is 5.11 Å². The number of carbonyl (C=O) groups is 2. The van der Waals surface area contributed by atoms with Crippen LogP contribution in [-0.4, -0.2) is 45.3 Å². The Morgan fingerprint density at radius 1 is 1.32 bits per heavy atom. The molecule has 1 atom stereocenters. The monoisotopic (exact) mass is 378 g/mol. The van der Waals surface area contributed by atoms with Crippen LogP contribution in [0.2, 0.25) is 0 Å². The Kier molecular flexibility index (Phi) is 5.87. The molecule has 1 fully saturated rings. The number of nitrogens with zero attached hydrogens (tertiary/aromatic N) is 3. The molecular formula is C16H18N4O3S2. The van der Waals surface area contributed by atoms with Crippen LogP contribution in [0.15, 0.2) is 34.7 Å². The van der Waals surface area contributed by atoms with Crippen LogP contribution in [0.3, 0.4) is 0 Å². The predicted molar refractivity (Wildman–Crippen MR) is 96.9 cm³/mol. The standard InChI is InChI=1S/C16H18N4O3S2/c21-13(22)12-7-4-8-20(9-12)15(23)17-14-18-19-16(25-14)24-10-11-5-2-1-3-6-11/h1-3,5-6,12H,4,7-10H2,(H,21,22)(H,17,18,23). The number of amides is 2. The first-order valence-electron chi connectivity index (χ1n) is 7.91. The number of rotatable bonds is 5. The molecule has 2 heterocycles. The molecule has 2 amide bonds. The van der Waals surface area contributed by atoms with Gasteiger partial charge in [0.1, 0.15) is 0 Å². The summed E-state index contributed by atoms with van der Waals surface area (Å²) in [4.78, 5) is 24.9. The first-order chi connectivity index (χ1) is 12.1. The highest BCUT2D eigenvalue weighted by Gasteiger charge is 2.28. The topological polar surface area (TPSA) is 95.4 Å². The predicted octanol–water partition coefficient (Wildman–Crippen LogP) is 3.16. The number of hydrogen-bond acceptors (Lipinski definition) is 6. The number of thioether (sulfide) groups is 1. The number of aliphatic carboxylic acids is 1. The second-order valence-corrected chi connectivity index (χ2v) is 7.90. The lowest BCUT2D eigenvalue weighted by atomic mass is 9.99. The van der Waals surface area contributed by atoms with Crippen molar-refractivity contribution in [3.8, 4) is 0 Å². The van der Waals surface area contributed by atoms with Crippen LogP contribution in [0, 0.1) is 5.92 Å². The molecular weight excluding hydrogens is 360 g/mol. The second kappa shape index (κ2) is 8.30. The Morgan fingerprint density at radius 2 is 2.12 bits per heavy atom. The Balaban J connectivity index is 1.52. The summed E-state index contributed by atoms with van der Waals surface area (Å²) in [6, 6.07) is 9.73. The summed E-state index contributed by atoms with van der Waals surface area (Å²) in [6.45, 7) is 0.791. The molecule has 1 saturated heterocycles. The highest BCUT2D eigenvalue weighted by atomic mass is 32.2. The Labute approximate surface area is 153 Å². The second-order valence-electron chi connectivity index (χ2n) is 5.70. The number of benzene rings is 1. The SMILES string of the molecule is O=C(O)C1CCCN(C(=O)Nc2nnc(SCc3ccccc3)s2)C1. The average molecular weight is 378 g/mol. The van der Waals surface area contributed by atoms with Crippen LogP contribution in [0.25, 0.3) is 0 Å². The Bertz CT molecular complexity index is 738. The van der Waals surface area contributed by atoms with E-state index in [1.807, 2.05) is 30.3 Å². The smallest absolute Gasteiger partial charge is 0.323 e. The number of carboxylic acid groups (broad SMARTS) is 1. The number of urea groups is 1. The molecule has 1 unspecified atom stereocenters. The van der Waals surface area contributed by atoms with E-state index in [1.165, 1.54) is 21.8 Å². The molecule has 3 rings (SSSR count). The molecule has 0 spiro atoms. The van der Waals surface area contributed by atoms with Gasteiger partial charge in [-0.25, -0.2) is 4.79 Å². The number of piperidine rings is 1. The van der Waals surface area contributed by atoms with Gasteiger partial charge in [0.25, 0.3) is 0 Å². The van der Waals surface area contributed by atoms with Crippen molar-refractivity contribution in [2.75, 3.05) is 18.4 Å². The molecule has 132 valence electrons. The maximum Gasteiger partial charge on any atom is 0.323 e. The van der Waals surface area contributed by atoms with Crippen LogP contribution >= 0.6 is 23.1 Å². The van der Waals surface area contributed by atoms with Crippen molar-refractivity contribution < 1.29 is 14.7 Å². The van der Waals surface area contributed by atoms with Gasteiger partial charge in [0.15, 0.2) is 4.34 Å². The fraction of sp³-hybridized carbons (Fsp3) is 0.375. The minimum Gasteiger partial charge on any atom is -0.481 e. The van der Waals surface area contributed by atoms with Gasteiger partial charge in [0, 0.05) is 18.8 Å². The van der Waals surface area contributed by atoms with Crippen molar-refractivity contribution in [1.29, 1.82) is 0 Å². The number of hydrogen-bond donors (Lipinski definition) is 2. The van der Waals surface area contributed by atoms with Crippen molar-refractivity contribution >= 4 is 40.2 Å². The van der Waals surface area contributed by atoms with Gasteiger partial charge >= 0.3 is 12.0 Å². The lowest BCUT2D eigenvalue weighted by Crippen LogP contribution is -2.44. The molecule has 2 aromatic rings. The summed E-state index contributed by atoms with van der Waals surface area (Å²) in [5.74, 6) is -0.561. The maximum absolute atomic E-state index is 12.3. The van der Waals surface area contributed by atoms with E-state index < -0.39 is 11.9 Å². The summed E-state index contributed by atoms with van der Waals surface area (Å²) in [6.07, 6.45) is 1.30. The summed E-state index contributed by atoms with van der Waals surface area (Å²) >= 11 is 2.88. The van der Waals surface area contributed by atoms with Crippen LogP contribution in [0.5, 0.6) is 0 Å². The quantitative estimate of drug-likeness (QED) is 0.613. The van der Waals surface area contributed by atoms with E-state index in [2.05, 4.69) is 15.5 Å². The molecule has 2 N–H and O–H groups in total. The zero-order valence-corrected chi connectivity index (χ0v) is 15.1. The van der Waals surface area contributed by atoms with Crippen LogP contribution in [0.4, 0.5) is 9.93 Å². The third-order valence-electron chi connectivity index (χ3n) is 3.88. The van der Waals surface area contributed by atoms with Gasteiger partial charge in [-0.2, -0.15) is 0 Å². The van der Waals surface area contributed by atoms with Crippen LogP contribution in [-0.2, 0) is 10.5 Å². The van der Waals surface area contributed by atoms with Crippen molar-refractivity contribution in [2.24, 2.45) is 5.92 Å². The van der Waals surface area contributed by atoms with Gasteiger partial charge in [-0.05, 0) is 18.4 Å². The Morgan fingerprint density at radius 3 is 2.88 bits per heavy atom. The van der Waals surface area contributed by atoms with E-state index in [1.54, 1.807) is 11.8 Å². The number of carboxylic acids is 1. The summed E-state index contributed by atoms with van der Waals surface area (Å²) in [7, 11) is 0. The van der Waals surface area contributed by atoms with Crippen molar-refractivity contribution in [1.82, 2.24) is 15.1 Å². The molecule has 25 heavy (non-hydrogen) atoms. The summed E-state index contributed by atoms with van der Waals surface area (Å²) < 4.78 is 0.779. The molecule has 0 aliphatic carbocycles. The lowest BCUT2D eigenvalue weighted by Gasteiger charge is -2.30. The first kappa shape index (κ1) is 17.7. The third kappa shape index (κ3) is 4.93. The minimum atomic E-state index is -0.854. The molecule has 1 aromatic carbocycles. The lowest BCUT2D eigenvalue weighted by molar-refractivity contribution is -0.143. The first-order valence-corrected chi connectivity index (χ1v) is 9.71. The number of likely N-dealkylation sites (tertiary alicyclic amines) is 1. The average Bonchev–Trinajstić information content (AvgIpc) is 3.08. The highest BCUT2D eigenvalue weighted by Crippen LogP contribution is 2.28. The van der Waals surface area contributed by atoms with Gasteiger partial charge in [0.05, 0.1) is 5.92 Å². The van der Waals surface area contributed by atoms with Gasteiger partial charge in [-0.15, -0.1) is 10.2 Å². The zero-order valence-electron chi connectivity index (χ0n) is 13.4.